The van der Waals surface area contributed by atoms with Crippen molar-refractivity contribution in [3.8, 4) is 5.75 Å². The summed E-state index contributed by atoms with van der Waals surface area (Å²) in [5, 5.41) is 7.30. The summed E-state index contributed by atoms with van der Waals surface area (Å²) in [5.74, 6) is 0.147. The standard InChI is InChI=1S/C22H25FN4O2/c1-26(2)14-12-20(17-8-10-18(23)11-9-17)24-22(28)21-13-15-27(25-21)16-29-19-6-4-3-5-7-19/h3-11,13,15,20H,12,14,16H2,1-2H3,(H,24,28)/t20-/m0/s1. The van der Waals surface area contributed by atoms with Gasteiger partial charge < -0.3 is 15.0 Å². The molecule has 6 nitrogen and oxygen atoms in total. The molecule has 0 saturated carbocycles. The zero-order valence-corrected chi connectivity index (χ0v) is 16.6. The van der Waals surface area contributed by atoms with Crippen molar-refractivity contribution in [1.29, 1.82) is 0 Å². The Morgan fingerprint density at radius 2 is 1.86 bits per heavy atom. The molecule has 1 aromatic heterocycles. The highest BCUT2D eigenvalue weighted by molar-refractivity contribution is 5.92. The quantitative estimate of drug-likeness (QED) is 0.602. The molecule has 152 valence electrons. The first kappa shape index (κ1) is 20.5. The number of para-hydroxylation sites is 1. The first-order valence-corrected chi connectivity index (χ1v) is 9.43. The van der Waals surface area contributed by atoms with E-state index >= 15 is 0 Å². The molecule has 7 heteroatoms. The summed E-state index contributed by atoms with van der Waals surface area (Å²) in [6.45, 7) is 0.987. The normalized spacial score (nSPS) is 12.0. The number of nitrogens with zero attached hydrogens (tertiary/aromatic N) is 3. The number of benzene rings is 2. The van der Waals surface area contributed by atoms with Crippen LogP contribution in [0.3, 0.4) is 0 Å². The van der Waals surface area contributed by atoms with Crippen molar-refractivity contribution >= 4 is 5.91 Å². The minimum Gasteiger partial charge on any atom is -0.471 e. The van der Waals surface area contributed by atoms with Gasteiger partial charge in [0.05, 0.1) is 6.04 Å². The number of halogens is 1. The van der Waals surface area contributed by atoms with E-state index in [4.69, 9.17) is 4.74 Å². The van der Waals surface area contributed by atoms with Gasteiger partial charge in [0, 0.05) is 6.20 Å². The average Bonchev–Trinajstić information content (AvgIpc) is 3.20. The fraction of sp³-hybridized carbons (Fsp3) is 0.273. The Hall–Kier alpha value is -3.19. The van der Waals surface area contributed by atoms with E-state index in [0.29, 0.717) is 12.1 Å². The molecule has 0 saturated heterocycles. The van der Waals surface area contributed by atoms with Gasteiger partial charge in [0.15, 0.2) is 6.73 Å². The van der Waals surface area contributed by atoms with Gasteiger partial charge in [-0.05, 0) is 63.0 Å². The van der Waals surface area contributed by atoms with Gasteiger partial charge >= 0.3 is 0 Å². The first-order valence-electron chi connectivity index (χ1n) is 9.43. The number of ether oxygens (including phenoxy) is 1. The monoisotopic (exact) mass is 396 g/mol. The van der Waals surface area contributed by atoms with Crippen LogP contribution in [0.15, 0.2) is 66.9 Å². The molecule has 1 atom stereocenters. The molecule has 0 fully saturated rings. The summed E-state index contributed by atoms with van der Waals surface area (Å²) in [4.78, 5) is 14.8. The van der Waals surface area contributed by atoms with Gasteiger partial charge in [-0.2, -0.15) is 5.10 Å². The molecule has 1 heterocycles. The van der Waals surface area contributed by atoms with Crippen LogP contribution in [0.4, 0.5) is 4.39 Å². The van der Waals surface area contributed by atoms with E-state index in [-0.39, 0.29) is 24.5 Å². The van der Waals surface area contributed by atoms with Gasteiger partial charge in [-0.1, -0.05) is 30.3 Å². The van der Waals surface area contributed by atoms with E-state index in [0.717, 1.165) is 17.9 Å². The number of hydrogen-bond acceptors (Lipinski definition) is 4. The zero-order chi connectivity index (χ0) is 20.6. The van der Waals surface area contributed by atoms with E-state index in [9.17, 15) is 9.18 Å². The molecular weight excluding hydrogens is 371 g/mol. The lowest BCUT2D eigenvalue weighted by molar-refractivity contribution is 0.0925. The molecule has 1 amide bonds. The summed E-state index contributed by atoms with van der Waals surface area (Å²) in [6.07, 6.45) is 2.40. The SMILES string of the molecule is CN(C)CC[C@H](NC(=O)c1ccn(COc2ccccc2)n1)c1ccc(F)cc1. The van der Waals surface area contributed by atoms with Crippen LogP contribution in [0, 0.1) is 5.82 Å². The summed E-state index contributed by atoms with van der Waals surface area (Å²) in [6, 6.07) is 17.0. The van der Waals surface area contributed by atoms with Crippen LogP contribution in [0.5, 0.6) is 5.75 Å². The van der Waals surface area contributed by atoms with E-state index < -0.39 is 0 Å². The Morgan fingerprint density at radius 1 is 1.14 bits per heavy atom. The Kier molecular flexibility index (Phi) is 6.97. The molecule has 1 N–H and O–H groups in total. The lowest BCUT2D eigenvalue weighted by Crippen LogP contribution is -2.31. The second kappa shape index (κ2) is 9.84. The number of rotatable bonds is 9. The molecule has 0 unspecified atom stereocenters. The molecule has 29 heavy (non-hydrogen) atoms. The fourth-order valence-electron chi connectivity index (χ4n) is 2.85. The van der Waals surface area contributed by atoms with Gasteiger partial charge in [-0.3, -0.25) is 4.79 Å². The van der Waals surface area contributed by atoms with E-state index in [2.05, 4.69) is 10.4 Å². The number of amides is 1. The van der Waals surface area contributed by atoms with Gasteiger partial charge in [-0.15, -0.1) is 0 Å². The van der Waals surface area contributed by atoms with Crippen LogP contribution in [0.25, 0.3) is 0 Å². The maximum absolute atomic E-state index is 13.3. The Bertz CT molecular complexity index is 910. The second-order valence-electron chi connectivity index (χ2n) is 7.00. The molecule has 0 aliphatic rings. The van der Waals surface area contributed by atoms with Crippen molar-refractivity contribution in [2.75, 3.05) is 20.6 Å². The predicted molar refractivity (Wildman–Crippen MR) is 109 cm³/mol. The van der Waals surface area contributed by atoms with Crippen LogP contribution in [0.1, 0.15) is 28.5 Å². The third kappa shape index (κ3) is 6.15. The van der Waals surface area contributed by atoms with Crippen LogP contribution >= 0.6 is 0 Å². The maximum atomic E-state index is 13.3. The van der Waals surface area contributed by atoms with Crippen molar-refractivity contribution in [2.24, 2.45) is 0 Å². The van der Waals surface area contributed by atoms with Gasteiger partial charge in [0.1, 0.15) is 17.3 Å². The van der Waals surface area contributed by atoms with Crippen LogP contribution in [0.2, 0.25) is 0 Å². The smallest absolute Gasteiger partial charge is 0.272 e. The second-order valence-corrected chi connectivity index (χ2v) is 7.00. The number of nitrogens with one attached hydrogen (secondary N) is 1. The van der Waals surface area contributed by atoms with Crippen molar-refractivity contribution < 1.29 is 13.9 Å². The zero-order valence-electron chi connectivity index (χ0n) is 16.6. The summed E-state index contributed by atoms with van der Waals surface area (Å²) >= 11 is 0. The van der Waals surface area contributed by atoms with Crippen molar-refractivity contribution in [2.45, 2.75) is 19.2 Å². The topological polar surface area (TPSA) is 59.4 Å². The minimum absolute atomic E-state index is 0.208. The summed E-state index contributed by atoms with van der Waals surface area (Å²) in [7, 11) is 3.94. The highest BCUT2D eigenvalue weighted by Crippen LogP contribution is 2.18. The van der Waals surface area contributed by atoms with Crippen molar-refractivity contribution in [1.82, 2.24) is 20.0 Å². The number of aromatic nitrogens is 2. The van der Waals surface area contributed by atoms with Crippen LogP contribution in [-0.4, -0.2) is 41.2 Å². The Labute approximate surface area is 169 Å². The summed E-state index contributed by atoms with van der Waals surface area (Å²) in [5.41, 5.74) is 1.16. The highest BCUT2D eigenvalue weighted by atomic mass is 19.1. The Balaban J connectivity index is 1.64. The molecule has 3 rings (SSSR count). The summed E-state index contributed by atoms with van der Waals surface area (Å²) < 4.78 is 20.5. The van der Waals surface area contributed by atoms with E-state index in [1.54, 1.807) is 29.1 Å². The predicted octanol–water partition coefficient (Wildman–Crippen LogP) is 3.48. The van der Waals surface area contributed by atoms with Crippen molar-refractivity contribution in [3.63, 3.8) is 0 Å². The van der Waals surface area contributed by atoms with Gasteiger partial charge in [0.2, 0.25) is 0 Å². The lowest BCUT2D eigenvalue weighted by atomic mass is 10.0. The average molecular weight is 396 g/mol. The molecule has 0 aliphatic heterocycles. The first-order chi connectivity index (χ1) is 14.0. The maximum Gasteiger partial charge on any atom is 0.272 e. The van der Waals surface area contributed by atoms with Gasteiger partial charge in [-0.25, -0.2) is 9.07 Å². The number of carbonyl (C=O) groups excluding carboxylic acids is 1. The van der Waals surface area contributed by atoms with Crippen LogP contribution in [-0.2, 0) is 6.73 Å². The molecule has 0 aliphatic carbocycles. The fourth-order valence-corrected chi connectivity index (χ4v) is 2.85. The Morgan fingerprint density at radius 3 is 2.55 bits per heavy atom. The molecule has 2 aromatic carbocycles. The largest absolute Gasteiger partial charge is 0.471 e. The molecule has 0 radical (unpaired) electrons. The van der Waals surface area contributed by atoms with Crippen molar-refractivity contribution in [3.05, 3.63) is 83.9 Å². The number of carbonyl (C=O) groups is 1. The third-order valence-electron chi connectivity index (χ3n) is 4.42. The molecule has 3 aromatic rings. The van der Waals surface area contributed by atoms with Gasteiger partial charge in [0.25, 0.3) is 5.91 Å². The minimum atomic E-state index is -0.302. The highest BCUT2D eigenvalue weighted by Gasteiger charge is 2.18. The molecule has 0 bridgehead atoms. The third-order valence-corrected chi connectivity index (χ3v) is 4.42. The van der Waals surface area contributed by atoms with E-state index in [1.807, 2.05) is 49.3 Å². The number of hydrogen-bond donors (Lipinski definition) is 1. The molecular formula is C22H25FN4O2. The molecule has 0 spiro atoms. The van der Waals surface area contributed by atoms with Crippen LogP contribution < -0.4 is 10.1 Å². The lowest BCUT2D eigenvalue weighted by Gasteiger charge is -2.21. The van der Waals surface area contributed by atoms with E-state index in [1.165, 1.54) is 12.1 Å².